The average Bonchev–Trinajstić information content (AvgIpc) is 2.73. The standard InChI is InChI=1S/C21H22N2O5S/c1-3-29(25,26)23-19-11-9-17(13-20(19)27-2)22-21(24)14-28-18-10-8-15-6-4-5-7-16(15)12-18/h4-13,23H,3,14H2,1-2H3,(H,22,24). The van der Waals surface area contributed by atoms with E-state index in [2.05, 4.69) is 10.0 Å². The topological polar surface area (TPSA) is 93.7 Å². The first-order valence-electron chi connectivity index (χ1n) is 9.00. The first kappa shape index (κ1) is 20.5. The molecule has 8 heteroatoms. The van der Waals surface area contributed by atoms with Crippen LogP contribution < -0.4 is 19.5 Å². The van der Waals surface area contributed by atoms with Crippen LogP contribution in [0.1, 0.15) is 6.92 Å². The van der Waals surface area contributed by atoms with Gasteiger partial charge in [-0.3, -0.25) is 9.52 Å². The normalized spacial score (nSPS) is 11.1. The second-order valence-corrected chi connectivity index (χ2v) is 8.28. The van der Waals surface area contributed by atoms with E-state index in [0.717, 1.165) is 10.8 Å². The summed E-state index contributed by atoms with van der Waals surface area (Å²) in [6.45, 7) is 1.38. The molecule has 29 heavy (non-hydrogen) atoms. The molecule has 1 amide bonds. The molecule has 0 saturated carbocycles. The number of benzene rings is 3. The van der Waals surface area contributed by atoms with Crippen LogP contribution in [0.25, 0.3) is 10.8 Å². The summed E-state index contributed by atoms with van der Waals surface area (Å²) < 4.78 is 36.7. The van der Waals surface area contributed by atoms with Gasteiger partial charge in [0.05, 0.1) is 18.6 Å². The summed E-state index contributed by atoms with van der Waals surface area (Å²) >= 11 is 0. The monoisotopic (exact) mass is 414 g/mol. The molecule has 3 aromatic rings. The minimum Gasteiger partial charge on any atom is -0.494 e. The van der Waals surface area contributed by atoms with Crippen molar-refractivity contribution in [2.75, 3.05) is 29.5 Å². The van der Waals surface area contributed by atoms with Gasteiger partial charge in [-0.25, -0.2) is 8.42 Å². The van der Waals surface area contributed by atoms with E-state index >= 15 is 0 Å². The van der Waals surface area contributed by atoms with Crippen molar-refractivity contribution in [2.24, 2.45) is 0 Å². The third kappa shape index (κ3) is 5.39. The van der Waals surface area contributed by atoms with E-state index in [-0.39, 0.29) is 18.3 Å². The molecule has 0 radical (unpaired) electrons. The van der Waals surface area contributed by atoms with E-state index in [0.29, 0.717) is 22.9 Å². The number of carbonyl (C=O) groups excluding carboxylic acids is 1. The lowest BCUT2D eigenvalue weighted by Gasteiger charge is -2.13. The molecule has 0 fully saturated rings. The lowest BCUT2D eigenvalue weighted by Crippen LogP contribution is -2.20. The first-order valence-corrected chi connectivity index (χ1v) is 10.7. The molecule has 2 N–H and O–H groups in total. The highest BCUT2D eigenvalue weighted by Gasteiger charge is 2.13. The van der Waals surface area contributed by atoms with Gasteiger partial charge in [0.25, 0.3) is 5.91 Å². The average molecular weight is 414 g/mol. The summed E-state index contributed by atoms with van der Waals surface area (Å²) in [5, 5.41) is 4.83. The van der Waals surface area contributed by atoms with Crippen LogP contribution in [0.2, 0.25) is 0 Å². The number of carbonyl (C=O) groups is 1. The zero-order valence-electron chi connectivity index (χ0n) is 16.1. The summed E-state index contributed by atoms with van der Waals surface area (Å²) in [5.74, 6) is 0.499. The molecule has 3 aromatic carbocycles. The molecule has 0 unspecified atom stereocenters. The number of anilines is 2. The number of rotatable bonds is 8. The van der Waals surface area contributed by atoms with Gasteiger partial charge < -0.3 is 14.8 Å². The number of hydrogen-bond acceptors (Lipinski definition) is 5. The van der Waals surface area contributed by atoms with Crippen molar-refractivity contribution in [1.29, 1.82) is 0 Å². The van der Waals surface area contributed by atoms with Crippen LogP contribution in [0.4, 0.5) is 11.4 Å². The van der Waals surface area contributed by atoms with Crippen LogP contribution in [0, 0.1) is 0 Å². The Morgan fingerprint density at radius 1 is 1.00 bits per heavy atom. The van der Waals surface area contributed by atoms with Gasteiger partial charge in [-0.05, 0) is 42.0 Å². The smallest absolute Gasteiger partial charge is 0.262 e. The van der Waals surface area contributed by atoms with Gasteiger partial charge in [0.1, 0.15) is 11.5 Å². The fraction of sp³-hybridized carbons (Fsp3) is 0.190. The van der Waals surface area contributed by atoms with Gasteiger partial charge in [0, 0.05) is 11.8 Å². The van der Waals surface area contributed by atoms with Crippen LogP contribution in [0.15, 0.2) is 60.7 Å². The number of sulfonamides is 1. The molecule has 0 bridgehead atoms. The highest BCUT2D eigenvalue weighted by atomic mass is 32.2. The van der Waals surface area contributed by atoms with Gasteiger partial charge in [0.2, 0.25) is 10.0 Å². The van der Waals surface area contributed by atoms with Crippen molar-refractivity contribution in [3.05, 3.63) is 60.7 Å². The number of hydrogen-bond donors (Lipinski definition) is 2. The molecule has 0 atom stereocenters. The molecule has 7 nitrogen and oxygen atoms in total. The minimum atomic E-state index is -3.43. The van der Waals surface area contributed by atoms with Crippen molar-refractivity contribution in [3.8, 4) is 11.5 Å². The van der Waals surface area contributed by atoms with Crippen molar-refractivity contribution in [3.63, 3.8) is 0 Å². The fourth-order valence-corrected chi connectivity index (χ4v) is 3.34. The zero-order chi connectivity index (χ0) is 20.9. The number of fused-ring (bicyclic) bond motifs is 1. The van der Waals surface area contributed by atoms with Gasteiger partial charge >= 0.3 is 0 Å². The van der Waals surface area contributed by atoms with E-state index in [1.165, 1.54) is 13.2 Å². The predicted octanol–water partition coefficient (Wildman–Crippen LogP) is 3.63. The second kappa shape index (κ2) is 8.83. The number of amides is 1. The maximum Gasteiger partial charge on any atom is 0.262 e. The number of ether oxygens (including phenoxy) is 2. The Kier molecular flexibility index (Phi) is 6.23. The van der Waals surface area contributed by atoms with Crippen molar-refractivity contribution in [2.45, 2.75) is 6.92 Å². The quantitative estimate of drug-likeness (QED) is 0.587. The molecule has 0 heterocycles. The Morgan fingerprint density at radius 3 is 2.48 bits per heavy atom. The summed E-state index contributed by atoms with van der Waals surface area (Å²) in [7, 11) is -2.01. The molecule has 0 saturated heterocycles. The lowest BCUT2D eigenvalue weighted by molar-refractivity contribution is -0.118. The third-order valence-electron chi connectivity index (χ3n) is 4.22. The summed E-state index contributed by atoms with van der Waals surface area (Å²) in [6, 6.07) is 18.2. The highest BCUT2D eigenvalue weighted by molar-refractivity contribution is 7.92. The molecule has 3 rings (SSSR count). The van der Waals surface area contributed by atoms with Crippen LogP contribution in [-0.4, -0.2) is 33.8 Å². The van der Waals surface area contributed by atoms with Crippen LogP contribution in [0.5, 0.6) is 11.5 Å². The van der Waals surface area contributed by atoms with Crippen molar-refractivity contribution >= 4 is 38.1 Å². The molecule has 0 spiro atoms. The second-order valence-electron chi connectivity index (χ2n) is 6.27. The van der Waals surface area contributed by atoms with Gasteiger partial charge in [-0.15, -0.1) is 0 Å². The maximum atomic E-state index is 12.2. The van der Waals surface area contributed by atoms with Gasteiger partial charge in [0.15, 0.2) is 6.61 Å². The van der Waals surface area contributed by atoms with Crippen molar-refractivity contribution in [1.82, 2.24) is 0 Å². The summed E-state index contributed by atoms with van der Waals surface area (Å²) in [6.07, 6.45) is 0. The van der Waals surface area contributed by atoms with Gasteiger partial charge in [-0.2, -0.15) is 0 Å². The van der Waals surface area contributed by atoms with E-state index in [1.807, 2.05) is 42.5 Å². The van der Waals surface area contributed by atoms with Crippen LogP contribution in [-0.2, 0) is 14.8 Å². The van der Waals surface area contributed by atoms with E-state index in [1.54, 1.807) is 19.1 Å². The lowest BCUT2D eigenvalue weighted by atomic mass is 10.1. The Morgan fingerprint density at radius 2 is 1.76 bits per heavy atom. The van der Waals surface area contributed by atoms with Crippen molar-refractivity contribution < 1.29 is 22.7 Å². The summed E-state index contributed by atoms with van der Waals surface area (Å²) in [4.78, 5) is 12.2. The van der Waals surface area contributed by atoms with E-state index in [9.17, 15) is 13.2 Å². The maximum absolute atomic E-state index is 12.2. The molecule has 0 aliphatic heterocycles. The number of methoxy groups -OCH3 is 1. The predicted molar refractivity (Wildman–Crippen MR) is 114 cm³/mol. The van der Waals surface area contributed by atoms with Crippen LogP contribution in [0.3, 0.4) is 0 Å². The fourth-order valence-electron chi connectivity index (χ4n) is 2.70. The summed E-state index contributed by atoms with van der Waals surface area (Å²) in [5.41, 5.74) is 0.771. The molecule has 152 valence electrons. The molecule has 0 aliphatic rings. The SMILES string of the molecule is CCS(=O)(=O)Nc1ccc(NC(=O)COc2ccc3ccccc3c2)cc1OC. The van der Waals surface area contributed by atoms with E-state index in [4.69, 9.17) is 9.47 Å². The van der Waals surface area contributed by atoms with Crippen LogP contribution >= 0.6 is 0 Å². The number of nitrogens with one attached hydrogen (secondary N) is 2. The Balaban J connectivity index is 1.63. The third-order valence-corrected chi connectivity index (χ3v) is 5.51. The molecule has 0 aliphatic carbocycles. The Hall–Kier alpha value is -3.26. The van der Waals surface area contributed by atoms with E-state index < -0.39 is 10.0 Å². The Bertz CT molecular complexity index is 1130. The molecular weight excluding hydrogens is 392 g/mol. The first-order chi connectivity index (χ1) is 13.9. The van der Waals surface area contributed by atoms with Gasteiger partial charge in [-0.1, -0.05) is 30.3 Å². The highest BCUT2D eigenvalue weighted by Crippen LogP contribution is 2.29. The Labute approximate surface area is 169 Å². The minimum absolute atomic E-state index is 0.0548. The zero-order valence-corrected chi connectivity index (χ0v) is 17.0. The largest absolute Gasteiger partial charge is 0.494 e. The molecular formula is C21H22N2O5S. The molecule has 0 aromatic heterocycles.